The largest absolute Gasteiger partial charge is 0.452 e. The lowest BCUT2D eigenvalue weighted by molar-refractivity contribution is -0.144. The van der Waals surface area contributed by atoms with E-state index in [0.717, 1.165) is 23.8 Å². The highest BCUT2D eigenvalue weighted by atomic mass is 35.5. The van der Waals surface area contributed by atoms with E-state index in [9.17, 15) is 22.8 Å². The van der Waals surface area contributed by atoms with E-state index in [1.165, 1.54) is 18.2 Å². The fourth-order valence-corrected chi connectivity index (χ4v) is 2.38. The standard InChI is InChI=1S/C20H17ClF3NO3/c1-13(15-5-9-17(21)10-6-15)25-18(26)12-28-19(27)11-4-14-2-7-16(8-3-14)20(22,23)24/h2-11,13H,12H2,1H3,(H,25,26)/b11-4+/t13-/m0/s1. The number of nitrogens with one attached hydrogen (secondary N) is 1. The van der Waals surface area contributed by atoms with E-state index in [4.69, 9.17) is 16.3 Å². The molecule has 2 rings (SSSR count). The number of hydrogen-bond acceptors (Lipinski definition) is 3. The van der Waals surface area contributed by atoms with Gasteiger partial charge in [0.25, 0.3) is 5.91 Å². The van der Waals surface area contributed by atoms with Gasteiger partial charge in [-0.1, -0.05) is 35.9 Å². The van der Waals surface area contributed by atoms with Crippen LogP contribution in [0.2, 0.25) is 5.02 Å². The number of benzene rings is 2. The van der Waals surface area contributed by atoms with E-state index in [1.54, 1.807) is 31.2 Å². The molecule has 28 heavy (non-hydrogen) atoms. The molecule has 2 aromatic carbocycles. The molecular formula is C20H17ClF3NO3. The van der Waals surface area contributed by atoms with Gasteiger partial charge in [0.1, 0.15) is 0 Å². The lowest BCUT2D eigenvalue weighted by Gasteiger charge is -2.14. The Morgan fingerprint density at radius 1 is 1.11 bits per heavy atom. The van der Waals surface area contributed by atoms with E-state index < -0.39 is 30.2 Å². The van der Waals surface area contributed by atoms with Gasteiger partial charge in [0.2, 0.25) is 0 Å². The molecule has 0 aliphatic heterocycles. The normalized spacial score (nSPS) is 12.6. The maximum Gasteiger partial charge on any atom is 0.416 e. The van der Waals surface area contributed by atoms with Crippen LogP contribution < -0.4 is 5.32 Å². The van der Waals surface area contributed by atoms with Gasteiger partial charge in [0.05, 0.1) is 11.6 Å². The van der Waals surface area contributed by atoms with Crippen molar-refractivity contribution >= 4 is 29.6 Å². The first-order chi connectivity index (χ1) is 13.1. The first-order valence-corrected chi connectivity index (χ1v) is 8.60. The molecule has 148 valence electrons. The van der Waals surface area contributed by atoms with E-state index in [-0.39, 0.29) is 6.04 Å². The second-order valence-corrected chi connectivity index (χ2v) is 6.34. The maximum absolute atomic E-state index is 12.5. The molecule has 0 aromatic heterocycles. The first kappa shape index (κ1) is 21.5. The molecule has 0 bridgehead atoms. The summed E-state index contributed by atoms with van der Waals surface area (Å²) in [5, 5.41) is 3.25. The molecule has 8 heteroatoms. The van der Waals surface area contributed by atoms with Crippen LogP contribution in [0.1, 0.15) is 29.7 Å². The van der Waals surface area contributed by atoms with Crippen molar-refractivity contribution in [2.75, 3.05) is 6.61 Å². The quantitative estimate of drug-likeness (QED) is 0.549. The summed E-state index contributed by atoms with van der Waals surface area (Å²) in [6.45, 7) is 1.29. The number of rotatable bonds is 6. The molecule has 0 spiro atoms. The Hall–Kier alpha value is -2.80. The molecule has 1 amide bonds. The summed E-state index contributed by atoms with van der Waals surface area (Å²) in [6.07, 6.45) is -2.08. The van der Waals surface area contributed by atoms with Crippen LogP contribution in [0, 0.1) is 0 Å². The smallest absolute Gasteiger partial charge is 0.416 e. The minimum absolute atomic E-state index is 0.300. The van der Waals surface area contributed by atoms with Crippen molar-refractivity contribution in [3.8, 4) is 0 Å². The lowest BCUT2D eigenvalue weighted by atomic mass is 10.1. The van der Waals surface area contributed by atoms with Crippen LogP contribution >= 0.6 is 11.6 Å². The number of carbonyl (C=O) groups excluding carboxylic acids is 2. The molecule has 1 N–H and O–H groups in total. The highest BCUT2D eigenvalue weighted by molar-refractivity contribution is 6.30. The molecule has 0 unspecified atom stereocenters. The summed E-state index contributed by atoms with van der Waals surface area (Å²) in [5.41, 5.74) is 0.454. The van der Waals surface area contributed by atoms with Gasteiger partial charge in [0, 0.05) is 11.1 Å². The fraction of sp³-hybridized carbons (Fsp3) is 0.200. The second-order valence-electron chi connectivity index (χ2n) is 5.90. The predicted molar refractivity (Wildman–Crippen MR) is 99.4 cm³/mol. The molecule has 0 aliphatic carbocycles. The van der Waals surface area contributed by atoms with Crippen molar-refractivity contribution in [3.05, 3.63) is 76.3 Å². The number of halogens is 4. The Bertz CT molecular complexity index is 846. The van der Waals surface area contributed by atoms with Crippen LogP contribution in [0.15, 0.2) is 54.6 Å². The molecule has 2 aromatic rings. The van der Waals surface area contributed by atoms with Crippen LogP contribution in [0.3, 0.4) is 0 Å². The van der Waals surface area contributed by atoms with Gasteiger partial charge in [-0.2, -0.15) is 13.2 Å². The number of amides is 1. The molecular weight excluding hydrogens is 395 g/mol. The van der Waals surface area contributed by atoms with Gasteiger partial charge in [-0.3, -0.25) is 4.79 Å². The summed E-state index contributed by atoms with van der Waals surface area (Å²) in [7, 11) is 0. The van der Waals surface area contributed by atoms with Crippen LogP contribution in [-0.2, 0) is 20.5 Å². The molecule has 0 saturated heterocycles. The van der Waals surface area contributed by atoms with E-state index in [2.05, 4.69) is 5.32 Å². The van der Waals surface area contributed by atoms with Crippen molar-refractivity contribution in [2.45, 2.75) is 19.1 Å². The molecule has 0 fully saturated rings. The van der Waals surface area contributed by atoms with Crippen LogP contribution in [0.5, 0.6) is 0 Å². The van der Waals surface area contributed by atoms with Crippen LogP contribution in [-0.4, -0.2) is 18.5 Å². The summed E-state index contributed by atoms with van der Waals surface area (Å²) in [6, 6.07) is 10.9. The Morgan fingerprint density at radius 2 is 1.71 bits per heavy atom. The Balaban J connectivity index is 1.80. The Kier molecular flexibility index (Phi) is 7.23. The van der Waals surface area contributed by atoms with E-state index in [1.807, 2.05) is 0 Å². The third-order valence-electron chi connectivity index (χ3n) is 3.74. The summed E-state index contributed by atoms with van der Waals surface area (Å²) in [4.78, 5) is 23.5. The van der Waals surface area contributed by atoms with Gasteiger partial charge < -0.3 is 10.1 Å². The van der Waals surface area contributed by atoms with Crippen LogP contribution in [0.25, 0.3) is 6.08 Å². The highest BCUT2D eigenvalue weighted by Gasteiger charge is 2.29. The van der Waals surface area contributed by atoms with Gasteiger partial charge in [-0.15, -0.1) is 0 Å². The molecule has 4 nitrogen and oxygen atoms in total. The minimum Gasteiger partial charge on any atom is -0.452 e. The Morgan fingerprint density at radius 3 is 2.29 bits per heavy atom. The van der Waals surface area contributed by atoms with Gasteiger partial charge in [-0.05, 0) is 48.4 Å². The van der Waals surface area contributed by atoms with Crippen LogP contribution in [0.4, 0.5) is 13.2 Å². The summed E-state index contributed by atoms with van der Waals surface area (Å²) in [5.74, 6) is -1.27. The molecule has 0 aliphatic rings. The first-order valence-electron chi connectivity index (χ1n) is 8.22. The zero-order valence-electron chi connectivity index (χ0n) is 14.8. The number of carbonyl (C=O) groups is 2. The van der Waals surface area contributed by atoms with Crippen molar-refractivity contribution in [2.24, 2.45) is 0 Å². The predicted octanol–water partition coefficient (Wildman–Crippen LogP) is 4.79. The van der Waals surface area contributed by atoms with Crippen molar-refractivity contribution in [1.29, 1.82) is 0 Å². The van der Waals surface area contributed by atoms with Crippen molar-refractivity contribution < 1.29 is 27.5 Å². The monoisotopic (exact) mass is 411 g/mol. The second kappa shape index (κ2) is 9.41. The summed E-state index contributed by atoms with van der Waals surface area (Å²) >= 11 is 5.81. The maximum atomic E-state index is 12.5. The zero-order valence-corrected chi connectivity index (χ0v) is 15.6. The average Bonchev–Trinajstić information content (AvgIpc) is 2.64. The highest BCUT2D eigenvalue weighted by Crippen LogP contribution is 2.29. The van der Waals surface area contributed by atoms with Crippen molar-refractivity contribution in [1.82, 2.24) is 5.32 Å². The minimum atomic E-state index is -4.42. The molecule has 0 heterocycles. The average molecular weight is 412 g/mol. The lowest BCUT2D eigenvalue weighted by Crippen LogP contribution is -2.30. The van der Waals surface area contributed by atoms with E-state index >= 15 is 0 Å². The Labute approximate surface area is 165 Å². The molecule has 0 saturated carbocycles. The van der Waals surface area contributed by atoms with Gasteiger partial charge >= 0.3 is 12.1 Å². The third-order valence-corrected chi connectivity index (χ3v) is 3.99. The summed E-state index contributed by atoms with van der Waals surface area (Å²) < 4.78 is 42.3. The third kappa shape index (κ3) is 6.74. The van der Waals surface area contributed by atoms with Crippen molar-refractivity contribution in [3.63, 3.8) is 0 Å². The number of esters is 1. The SMILES string of the molecule is C[C@H](NC(=O)COC(=O)/C=C/c1ccc(C(F)(F)F)cc1)c1ccc(Cl)cc1. The molecule has 1 atom stereocenters. The van der Waals surface area contributed by atoms with Gasteiger partial charge in [0.15, 0.2) is 6.61 Å². The molecule has 0 radical (unpaired) electrons. The number of hydrogen-bond donors (Lipinski definition) is 1. The topological polar surface area (TPSA) is 55.4 Å². The van der Waals surface area contributed by atoms with E-state index in [0.29, 0.717) is 10.6 Å². The fourth-order valence-electron chi connectivity index (χ4n) is 2.25. The number of ether oxygens (including phenoxy) is 1. The van der Waals surface area contributed by atoms with Gasteiger partial charge in [-0.25, -0.2) is 4.79 Å². The number of alkyl halides is 3. The zero-order chi connectivity index (χ0) is 20.7.